The van der Waals surface area contributed by atoms with Crippen LogP contribution in [0.3, 0.4) is 0 Å². The van der Waals surface area contributed by atoms with Gasteiger partial charge in [-0.3, -0.25) is 4.57 Å². The van der Waals surface area contributed by atoms with Gasteiger partial charge in [-0.2, -0.15) is 11.8 Å². The molecule has 0 radical (unpaired) electrons. The van der Waals surface area contributed by atoms with Crippen LogP contribution in [-0.4, -0.2) is 59.5 Å². The van der Waals surface area contributed by atoms with Crippen LogP contribution in [-0.2, 0) is 4.74 Å². The molecule has 4 atom stereocenters. The number of nitrogens with zero attached hydrogens (tertiary/aromatic N) is 4. The monoisotopic (exact) mass is 339 g/mol. The third-order valence-corrected chi connectivity index (χ3v) is 5.20. The van der Waals surface area contributed by atoms with E-state index in [4.69, 9.17) is 10.5 Å². The number of nitrogens with two attached hydrogens (primary N) is 1. The van der Waals surface area contributed by atoms with Gasteiger partial charge in [-0.05, 0) is 11.7 Å². The number of hydrogen-bond acceptors (Lipinski definition) is 8. The molecule has 0 amide bonds. The van der Waals surface area contributed by atoms with Crippen molar-refractivity contribution in [3.8, 4) is 0 Å². The molecule has 4 N–H and O–H groups in total. The van der Waals surface area contributed by atoms with E-state index in [0.29, 0.717) is 22.8 Å². The molecular weight excluding hydrogens is 318 g/mol. The van der Waals surface area contributed by atoms with Crippen LogP contribution >= 0.6 is 11.8 Å². The molecule has 3 heterocycles. The van der Waals surface area contributed by atoms with Gasteiger partial charge in [0.05, 0.1) is 12.4 Å². The van der Waals surface area contributed by atoms with Gasteiger partial charge in [0, 0.05) is 5.75 Å². The van der Waals surface area contributed by atoms with Crippen LogP contribution in [0.25, 0.3) is 11.2 Å². The third-order valence-electron chi connectivity index (χ3n) is 3.73. The SMILES string of the molecule is CC(C)CSC[C@H]1OC(n2cnc3c(N)ncnc32)[C@H](O)[C@@H]1O. The highest BCUT2D eigenvalue weighted by Crippen LogP contribution is 2.33. The van der Waals surface area contributed by atoms with E-state index in [1.807, 2.05) is 0 Å². The summed E-state index contributed by atoms with van der Waals surface area (Å²) in [7, 11) is 0. The van der Waals surface area contributed by atoms with Crippen LogP contribution in [0.4, 0.5) is 5.82 Å². The van der Waals surface area contributed by atoms with E-state index in [1.54, 1.807) is 16.3 Å². The molecule has 3 rings (SSSR count). The minimum absolute atomic E-state index is 0.269. The fourth-order valence-corrected chi connectivity index (χ4v) is 3.69. The molecule has 0 bridgehead atoms. The first kappa shape index (κ1) is 16.4. The zero-order valence-corrected chi connectivity index (χ0v) is 13.8. The highest BCUT2D eigenvalue weighted by molar-refractivity contribution is 7.99. The minimum Gasteiger partial charge on any atom is -0.387 e. The third kappa shape index (κ3) is 3.14. The van der Waals surface area contributed by atoms with E-state index < -0.39 is 24.5 Å². The number of aromatic nitrogens is 4. The largest absolute Gasteiger partial charge is 0.387 e. The summed E-state index contributed by atoms with van der Waals surface area (Å²) >= 11 is 1.70. The lowest BCUT2D eigenvalue weighted by Gasteiger charge is -2.16. The molecule has 1 fully saturated rings. The zero-order chi connectivity index (χ0) is 16.6. The number of aliphatic hydroxyl groups excluding tert-OH is 2. The average molecular weight is 339 g/mol. The maximum absolute atomic E-state index is 10.3. The molecule has 1 aliphatic rings. The van der Waals surface area contributed by atoms with Crippen LogP contribution in [0.15, 0.2) is 12.7 Å². The minimum atomic E-state index is -1.05. The zero-order valence-electron chi connectivity index (χ0n) is 13.0. The van der Waals surface area contributed by atoms with Crippen LogP contribution in [0.2, 0.25) is 0 Å². The maximum atomic E-state index is 10.3. The molecule has 0 aromatic carbocycles. The van der Waals surface area contributed by atoms with Gasteiger partial charge in [-0.25, -0.2) is 15.0 Å². The van der Waals surface area contributed by atoms with Crippen molar-refractivity contribution in [2.45, 2.75) is 38.4 Å². The van der Waals surface area contributed by atoms with E-state index in [1.165, 1.54) is 12.7 Å². The second-order valence-corrected chi connectivity index (χ2v) is 7.14. The highest BCUT2D eigenvalue weighted by atomic mass is 32.2. The number of thioether (sulfide) groups is 1. The van der Waals surface area contributed by atoms with Gasteiger partial charge in [-0.15, -0.1) is 0 Å². The number of anilines is 1. The Hall–Kier alpha value is -1.42. The summed E-state index contributed by atoms with van der Waals surface area (Å²) in [4.78, 5) is 12.2. The van der Waals surface area contributed by atoms with Crippen molar-refractivity contribution in [3.63, 3.8) is 0 Å². The Kier molecular flexibility index (Phi) is 4.72. The van der Waals surface area contributed by atoms with Crippen LogP contribution in [0, 0.1) is 5.92 Å². The second-order valence-electron chi connectivity index (χ2n) is 6.06. The Morgan fingerprint density at radius 3 is 2.83 bits per heavy atom. The van der Waals surface area contributed by atoms with E-state index in [9.17, 15) is 10.2 Å². The maximum Gasteiger partial charge on any atom is 0.167 e. The Labute approximate surface area is 138 Å². The summed E-state index contributed by atoms with van der Waals surface area (Å²) in [5.41, 5.74) is 6.70. The van der Waals surface area contributed by atoms with Gasteiger partial charge in [0.15, 0.2) is 17.7 Å². The van der Waals surface area contributed by atoms with Crippen molar-refractivity contribution in [3.05, 3.63) is 12.7 Å². The average Bonchev–Trinajstić information content (AvgIpc) is 3.04. The van der Waals surface area contributed by atoms with Crippen molar-refractivity contribution in [1.82, 2.24) is 19.5 Å². The summed E-state index contributed by atoms with van der Waals surface area (Å²) in [5.74, 6) is 2.43. The summed E-state index contributed by atoms with van der Waals surface area (Å²) in [6, 6.07) is 0. The number of imidazole rings is 1. The molecule has 1 unspecified atom stereocenters. The number of aliphatic hydroxyl groups is 2. The Balaban J connectivity index is 1.78. The van der Waals surface area contributed by atoms with Gasteiger partial charge in [-0.1, -0.05) is 13.8 Å². The molecule has 23 heavy (non-hydrogen) atoms. The van der Waals surface area contributed by atoms with E-state index in [0.717, 1.165) is 5.75 Å². The lowest BCUT2D eigenvalue weighted by Crippen LogP contribution is -2.32. The van der Waals surface area contributed by atoms with Gasteiger partial charge in [0.25, 0.3) is 0 Å². The summed E-state index contributed by atoms with van der Waals surface area (Å²) < 4.78 is 7.45. The Morgan fingerprint density at radius 1 is 1.30 bits per heavy atom. The smallest absolute Gasteiger partial charge is 0.167 e. The van der Waals surface area contributed by atoms with Crippen LogP contribution < -0.4 is 5.73 Å². The summed E-state index contributed by atoms with van der Waals surface area (Å²) in [6.07, 6.45) is -0.336. The van der Waals surface area contributed by atoms with Gasteiger partial charge in [0.1, 0.15) is 24.1 Å². The standard InChI is InChI=1S/C14H21N5O3S/c1-7(2)3-23-4-8-10(20)11(21)14(22-8)19-6-18-9-12(15)16-5-17-13(9)19/h5-8,10-11,14,20-21H,3-4H2,1-2H3,(H2,15,16,17)/t8-,10-,11-,14?/m1/s1. The predicted molar refractivity (Wildman–Crippen MR) is 87.8 cm³/mol. The molecular formula is C14H21N5O3S. The molecule has 9 heteroatoms. The highest BCUT2D eigenvalue weighted by Gasteiger charge is 2.44. The van der Waals surface area contributed by atoms with Crippen molar-refractivity contribution in [2.24, 2.45) is 5.92 Å². The molecule has 2 aromatic rings. The predicted octanol–water partition coefficient (Wildman–Crippen LogP) is 0.417. The normalized spacial score (nSPS) is 28.0. The topological polar surface area (TPSA) is 119 Å². The molecule has 126 valence electrons. The van der Waals surface area contributed by atoms with Crippen molar-refractivity contribution in [2.75, 3.05) is 17.2 Å². The van der Waals surface area contributed by atoms with E-state index in [2.05, 4.69) is 28.8 Å². The molecule has 2 aromatic heterocycles. The van der Waals surface area contributed by atoms with Crippen molar-refractivity contribution >= 4 is 28.7 Å². The van der Waals surface area contributed by atoms with Crippen molar-refractivity contribution < 1.29 is 14.9 Å². The Morgan fingerprint density at radius 2 is 2.09 bits per heavy atom. The van der Waals surface area contributed by atoms with Crippen LogP contribution in [0.1, 0.15) is 20.1 Å². The Bertz CT molecular complexity index is 679. The number of ether oxygens (including phenoxy) is 1. The number of rotatable bonds is 5. The summed E-state index contributed by atoms with van der Waals surface area (Å²) in [6.45, 7) is 4.27. The molecule has 8 nitrogen and oxygen atoms in total. The van der Waals surface area contributed by atoms with Crippen LogP contribution in [0.5, 0.6) is 0 Å². The second kappa shape index (κ2) is 6.60. The lowest BCUT2D eigenvalue weighted by molar-refractivity contribution is -0.0289. The number of hydrogen-bond donors (Lipinski definition) is 3. The van der Waals surface area contributed by atoms with E-state index >= 15 is 0 Å². The fourth-order valence-electron chi connectivity index (χ4n) is 2.57. The first-order valence-corrected chi connectivity index (χ1v) is 8.67. The first-order chi connectivity index (χ1) is 11.0. The molecule has 0 aliphatic carbocycles. The molecule has 0 spiro atoms. The fraction of sp³-hybridized carbons (Fsp3) is 0.643. The van der Waals surface area contributed by atoms with Gasteiger partial charge >= 0.3 is 0 Å². The molecule has 1 saturated heterocycles. The molecule has 0 saturated carbocycles. The van der Waals surface area contributed by atoms with Crippen molar-refractivity contribution in [1.29, 1.82) is 0 Å². The summed E-state index contributed by atoms with van der Waals surface area (Å²) in [5, 5.41) is 20.6. The van der Waals surface area contributed by atoms with E-state index in [-0.39, 0.29) is 5.82 Å². The first-order valence-electron chi connectivity index (χ1n) is 7.51. The van der Waals surface area contributed by atoms with Gasteiger partial charge in [0.2, 0.25) is 0 Å². The number of fused-ring (bicyclic) bond motifs is 1. The molecule has 1 aliphatic heterocycles. The lowest BCUT2D eigenvalue weighted by atomic mass is 10.1. The quantitative estimate of drug-likeness (QED) is 0.717. The number of nitrogen functional groups attached to an aromatic ring is 1. The van der Waals surface area contributed by atoms with Gasteiger partial charge < -0.3 is 20.7 Å².